The van der Waals surface area contributed by atoms with Crippen molar-refractivity contribution in [2.24, 2.45) is 0 Å². The molecule has 1 aliphatic heterocycles. The molecule has 30 heavy (non-hydrogen) atoms. The molecule has 2 amide bonds. The van der Waals surface area contributed by atoms with Gasteiger partial charge in [0.25, 0.3) is 0 Å². The third kappa shape index (κ3) is 4.37. The van der Waals surface area contributed by atoms with E-state index in [1.807, 2.05) is 48.2 Å². The van der Waals surface area contributed by atoms with Crippen LogP contribution in [0.2, 0.25) is 0 Å². The van der Waals surface area contributed by atoms with Gasteiger partial charge in [-0.15, -0.1) is 0 Å². The summed E-state index contributed by atoms with van der Waals surface area (Å²) < 4.78 is 5.59. The minimum Gasteiger partial charge on any atom is -0.337 e. The SMILES string of the molecule is Cc1cccc(-c2noc(C3CCCCN3C(=O)Nc3ccc(C(C)C)cc3)n2)c1. The number of anilines is 1. The number of carbonyl (C=O) groups is 1. The first-order chi connectivity index (χ1) is 14.5. The molecule has 1 atom stereocenters. The molecule has 0 spiro atoms. The molecule has 2 aromatic carbocycles. The largest absolute Gasteiger partial charge is 0.337 e. The van der Waals surface area contributed by atoms with Crippen LogP contribution in [0.1, 0.15) is 62.1 Å². The minimum absolute atomic E-state index is 0.132. The fraction of sp³-hybridized carbons (Fsp3) is 0.375. The molecular formula is C24H28N4O2. The van der Waals surface area contributed by atoms with Crippen molar-refractivity contribution in [2.75, 3.05) is 11.9 Å². The van der Waals surface area contributed by atoms with E-state index >= 15 is 0 Å². The molecule has 2 heterocycles. The zero-order valence-corrected chi connectivity index (χ0v) is 17.8. The van der Waals surface area contributed by atoms with Gasteiger partial charge in [-0.05, 0) is 55.9 Å². The van der Waals surface area contributed by atoms with Gasteiger partial charge in [-0.25, -0.2) is 4.79 Å². The third-order valence-electron chi connectivity index (χ3n) is 5.60. The molecule has 3 aromatic rings. The standard InChI is InChI=1S/C24H28N4O2/c1-16(2)18-10-12-20(13-11-18)25-24(29)28-14-5-4-9-21(28)23-26-22(27-30-23)19-8-6-7-17(3)15-19/h6-8,10-13,15-16,21H,4-5,9,14H2,1-3H3,(H,25,29). The van der Waals surface area contributed by atoms with E-state index in [1.165, 1.54) is 5.56 Å². The van der Waals surface area contributed by atoms with Gasteiger partial charge in [-0.2, -0.15) is 4.98 Å². The number of likely N-dealkylation sites (tertiary alicyclic amines) is 1. The number of urea groups is 1. The van der Waals surface area contributed by atoms with Gasteiger partial charge in [0.1, 0.15) is 6.04 Å². The van der Waals surface area contributed by atoms with E-state index in [0.717, 1.165) is 36.1 Å². The van der Waals surface area contributed by atoms with Crippen LogP contribution >= 0.6 is 0 Å². The van der Waals surface area contributed by atoms with Gasteiger partial charge in [-0.1, -0.05) is 54.9 Å². The average molecular weight is 405 g/mol. The maximum atomic E-state index is 13.0. The van der Waals surface area contributed by atoms with E-state index < -0.39 is 0 Å². The maximum Gasteiger partial charge on any atom is 0.322 e. The highest BCUT2D eigenvalue weighted by atomic mass is 16.5. The average Bonchev–Trinajstić information content (AvgIpc) is 3.24. The number of hydrogen-bond acceptors (Lipinski definition) is 4. The number of hydrogen-bond donors (Lipinski definition) is 1. The number of rotatable bonds is 4. The Hall–Kier alpha value is -3.15. The molecule has 156 valence electrons. The quantitative estimate of drug-likeness (QED) is 0.585. The van der Waals surface area contributed by atoms with Crippen molar-refractivity contribution < 1.29 is 9.32 Å². The molecule has 1 fully saturated rings. The third-order valence-corrected chi connectivity index (χ3v) is 5.60. The van der Waals surface area contributed by atoms with Gasteiger partial charge in [0, 0.05) is 17.8 Å². The number of amides is 2. The van der Waals surface area contributed by atoms with Gasteiger partial charge >= 0.3 is 6.03 Å². The Morgan fingerprint density at radius 2 is 1.97 bits per heavy atom. The molecule has 1 unspecified atom stereocenters. The lowest BCUT2D eigenvalue weighted by atomic mass is 10.0. The number of aryl methyl sites for hydroxylation is 1. The van der Waals surface area contributed by atoms with Crippen molar-refractivity contribution in [1.29, 1.82) is 0 Å². The van der Waals surface area contributed by atoms with E-state index in [2.05, 4.69) is 41.4 Å². The van der Waals surface area contributed by atoms with E-state index in [0.29, 0.717) is 24.2 Å². The maximum absolute atomic E-state index is 13.0. The summed E-state index contributed by atoms with van der Waals surface area (Å²) in [5.41, 5.74) is 4.10. The fourth-order valence-electron chi connectivity index (χ4n) is 3.85. The second-order valence-corrected chi connectivity index (χ2v) is 8.24. The zero-order valence-electron chi connectivity index (χ0n) is 17.8. The van der Waals surface area contributed by atoms with Crippen LogP contribution in [0.4, 0.5) is 10.5 Å². The number of benzene rings is 2. The van der Waals surface area contributed by atoms with E-state index in [-0.39, 0.29) is 12.1 Å². The molecule has 6 nitrogen and oxygen atoms in total. The van der Waals surface area contributed by atoms with Crippen LogP contribution < -0.4 is 5.32 Å². The van der Waals surface area contributed by atoms with Crippen molar-refractivity contribution in [1.82, 2.24) is 15.0 Å². The van der Waals surface area contributed by atoms with E-state index in [4.69, 9.17) is 4.52 Å². The second kappa shape index (κ2) is 8.69. The molecule has 4 rings (SSSR count). The highest BCUT2D eigenvalue weighted by molar-refractivity contribution is 5.89. The van der Waals surface area contributed by atoms with Gasteiger partial charge in [0.15, 0.2) is 0 Å². The van der Waals surface area contributed by atoms with Crippen LogP contribution in [-0.2, 0) is 0 Å². The Bertz CT molecular complexity index is 1010. The lowest BCUT2D eigenvalue weighted by Gasteiger charge is -2.33. The van der Waals surface area contributed by atoms with Gasteiger partial charge in [-0.3, -0.25) is 0 Å². The molecule has 0 aliphatic carbocycles. The van der Waals surface area contributed by atoms with Gasteiger partial charge in [0.05, 0.1) is 0 Å². The summed E-state index contributed by atoms with van der Waals surface area (Å²) in [6, 6.07) is 15.7. The normalized spacial score (nSPS) is 16.7. The number of carbonyl (C=O) groups excluding carboxylic acids is 1. The van der Waals surface area contributed by atoms with Crippen LogP contribution in [0.3, 0.4) is 0 Å². The van der Waals surface area contributed by atoms with Crippen molar-refractivity contribution in [2.45, 2.75) is 52.0 Å². The summed E-state index contributed by atoms with van der Waals surface area (Å²) in [5.74, 6) is 1.52. The minimum atomic E-state index is -0.209. The fourth-order valence-corrected chi connectivity index (χ4v) is 3.85. The Morgan fingerprint density at radius 3 is 2.70 bits per heavy atom. The van der Waals surface area contributed by atoms with Crippen LogP contribution in [0.5, 0.6) is 0 Å². The number of aromatic nitrogens is 2. The Morgan fingerprint density at radius 1 is 1.17 bits per heavy atom. The molecule has 0 radical (unpaired) electrons. The smallest absolute Gasteiger partial charge is 0.322 e. The first-order valence-electron chi connectivity index (χ1n) is 10.6. The first-order valence-corrected chi connectivity index (χ1v) is 10.6. The summed E-state index contributed by atoms with van der Waals surface area (Å²) in [6.45, 7) is 7.01. The van der Waals surface area contributed by atoms with Gasteiger partial charge < -0.3 is 14.7 Å². The number of piperidine rings is 1. The van der Waals surface area contributed by atoms with E-state index in [9.17, 15) is 4.79 Å². The predicted octanol–water partition coefficient (Wildman–Crippen LogP) is 5.93. The summed E-state index contributed by atoms with van der Waals surface area (Å²) in [6.07, 6.45) is 2.81. The molecule has 1 aliphatic rings. The van der Waals surface area contributed by atoms with Crippen molar-refractivity contribution in [3.05, 3.63) is 65.5 Å². The van der Waals surface area contributed by atoms with Crippen LogP contribution in [-0.4, -0.2) is 27.6 Å². The summed E-state index contributed by atoms with van der Waals surface area (Å²) >= 11 is 0. The molecule has 1 aromatic heterocycles. The molecule has 6 heteroatoms. The molecule has 1 saturated heterocycles. The lowest BCUT2D eigenvalue weighted by Crippen LogP contribution is -2.41. The molecular weight excluding hydrogens is 376 g/mol. The van der Waals surface area contributed by atoms with Crippen LogP contribution in [0.25, 0.3) is 11.4 Å². The molecule has 0 bridgehead atoms. The first kappa shape index (κ1) is 20.1. The zero-order chi connectivity index (χ0) is 21.1. The van der Waals surface area contributed by atoms with E-state index in [1.54, 1.807) is 0 Å². The molecule has 1 N–H and O–H groups in total. The highest BCUT2D eigenvalue weighted by Gasteiger charge is 2.32. The van der Waals surface area contributed by atoms with Crippen molar-refractivity contribution in [3.63, 3.8) is 0 Å². The topological polar surface area (TPSA) is 71.3 Å². The lowest BCUT2D eigenvalue weighted by molar-refractivity contribution is 0.142. The second-order valence-electron chi connectivity index (χ2n) is 8.24. The molecule has 0 saturated carbocycles. The monoisotopic (exact) mass is 404 g/mol. The Labute approximate surface area is 177 Å². The predicted molar refractivity (Wildman–Crippen MR) is 117 cm³/mol. The van der Waals surface area contributed by atoms with Crippen molar-refractivity contribution >= 4 is 11.7 Å². The summed E-state index contributed by atoms with van der Waals surface area (Å²) in [4.78, 5) is 19.4. The van der Waals surface area contributed by atoms with Crippen molar-refractivity contribution in [3.8, 4) is 11.4 Å². The Balaban J connectivity index is 1.51. The summed E-state index contributed by atoms with van der Waals surface area (Å²) in [5, 5.41) is 7.18. The number of nitrogens with one attached hydrogen (secondary N) is 1. The van der Waals surface area contributed by atoms with Crippen LogP contribution in [0, 0.1) is 6.92 Å². The number of nitrogens with zero attached hydrogens (tertiary/aromatic N) is 3. The van der Waals surface area contributed by atoms with Crippen LogP contribution in [0.15, 0.2) is 53.1 Å². The van der Waals surface area contributed by atoms with Gasteiger partial charge in [0.2, 0.25) is 11.7 Å². The Kier molecular flexibility index (Phi) is 5.84. The summed E-state index contributed by atoms with van der Waals surface area (Å²) in [7, 11) is 0. The highest BCUT2D eigenvalue weighted by Crippen LogP contribution is 2.32.